The normalized spacial score (nSPS) is 17.1. The Bertz CT molecular complexity index is 408. The second kappa shape index (κ2) is 6.38. The fourth-order valence-electron chi connectivity index (χ4n) is 2.33. The van der Waals surface area contributed by atoms with Gasteiger partial charge in [0, 0.05) is 12.2 Å². The van der Waals surface area contributed by atoms with Crippen LogP contribution in [-0.2, 0) is 13.0 Å². The molecule has 1 saturated carbocycles. The van der Waals surface area contributed by atoms with Crippen molar-refractivity contribution in [3.8, 4) is 0 Å². The molecule has 1 aromatic rings. The standard InChI is InChI=1S/C14H22N4/c1-2-11-7-8-16-13(9-11)10-17-14(15)18-12-5-3-4-6-12/h7-9,12H,2-6,10H2,1H3,(H3,15,17,18). The lowest BCUT2D eigenvalue weighted by Crippen LogP contribution is -2.38. The second-order valence-corrected chi connectivity index (χ2v) is 4.84. The first-order chi connectivity index (χ1) is 8.78. The molecule has 98 valence electrons. The first-order valence-corrected chi connectivity index (χ1v) is 6.78. The molecule has 0 atom stereocenters. The van der Waals surface area contributed by atoms with Crippen molar-refractivity contribution in [2.24, 2.45) is 10.7 Å². The molecule has 0 spiro atoms. The fraction of sp³-hybridized carbons (Fsp3) is 0.571. The molecule has 4 heteroatoms. The van der Waals surface area contributed by atoms with E-state index in [-0.39, 0.29) is 0 Å². The van der Waals surface area contributed by atoms with Crippen LogP contribution in [0.1, 0.15) is 43.9 Å². The summed E-state index contributed by atoms with van der Waals surface area (Å²) in [7, 11) is 0. The van der Waals surface area contributed by atoms with Crippen molar-refractivity contribution >= 4 is 5.96 Å². The molecule has 18 heavy (non-hydrogen) atoms. The highest BCUT2D eigenvalue weighted by Gasteiger charge is 2.14. The zero-order chi connectivity index (χ0) is 12.8. The van der Waals surface area contributed by atoms with E-state index in [1.165, 1.54) is 31.2 Å². The molecule has 1 aliphatic carbocycles. The molecule has 4 nitrogen and oxygen atoms in total. The number of aryl methyl sites for hydroxylation is 1. The first kappa shape index (κ1) is 12.9. The molecular weight excluding hydrogens is 224 g/mol. The number of pyridine rings is 1. The zero-order valence-electron chi connectivity index (χ0n) is 11.0. The van der Waals surface area contributed by atoms with Crippen molar-refractivity contribution in [3.05, 3.63) is 29.6 Å². The predicted octanol–water partition coefficient (Wildman–Crippen LogP) is 1.99. The highest BCUT2D eigenvalue weighted by molar-refractivity contribution is 5.78. The van der Waals surface area contributed by atoms with Gasteiger partial charge in [-0.1, -0.05) is 19.8 Å². The topological polar surface area (TPSA) is 63.3 Å². The second-order valence-electron chi connectivity index (χ2n) is 4.84. The number of guanidine groups is 1. The van der Waals surface area contributed by atoms with Crippen molar-refractivity contribution in [1.29, 1.82) is 0 Å². The average molecular weight is 246 g/mol. The Labute approximate surface area is 109 Å². The zero-order valence-corrected chi connectivity index (χ0v) is 11.0. The molecule has 3 N–H and O–H groups in total. The van der Waals surface area contributed by atoms with E-state index in [0.717, 1.165) is 12.1 Å². The van der Waals surface area contributed by atoms with E-state index in [4.69, 9.17) is 5.73 Å². The van der Waals surface area contributed by atoms with Crippen LogP contribution in [0.5, 0.6) is 0 Å². The molecule has 1 aromatic heterocycles. The summed E-state index contributed by atoms with van der Waals surface area (Å²) in [5.74, 6) is 0.547. The maximum Gasteiger partial charge on any atom is 0.189 e. The minimum atomic E-state index is 0.517. The summed E-state index contributed by atoms with van der Waals surface area (Å²) < 4.78 is 0. The van der Waals surface area contributed by atoms with Gasteiger partial charge in [-0.2, -0.15) is 0 Å². The van der Waals surface area contributed by atoms with Gasteiger partial charge in [-0.15, -0.1) is 0 Å². The fourth-order valence-corrected chi connectivity index (χ4v) is 2.33. The minimum Gasteiger partial charge on any atom is -0.370 e. The summed E-state index contributed by atoms with van der Waals surface area (Å²) in [6, 6.07) is 4.64. The molecule has 1 aliphatic rings. The summed E-state index contributed by atoms with van der Waals surface area (Å²) in [5.41, 5.74) is 8.15. The highest BCUT2D eigenvalue weighted by Crippen LogP contribution is 2.17. The Balaban J connectivity index is 1.87. The van der Waals surface area contributed by atoms with Gasteiger partial charge in [0.1, 0.15) is 0 Å². The van der Waals surface area contributed by atoms with Gasteiger partial charge in [0.2, 0.25) is 0 Å². The molecule has 0 saturated heterocycles. The third-order valence-electron chi connectivity index (χ3n) is 3.41. The SMILES string of the molecule is CCc1ccnc(CN=C(N)NC2CCCC2)c1. The molecule has 2 rings (SSSR count). The van der Waals surface area contributed by atoms with E-state index in [9.17, 15) is 0 Å². The number of hydrogen-bond donors (Lipinski definition) is 2. The Morgan fingerprint density at radius 2 is 2.28 bits per heavy atom. The van der Waals surface area contributed by atoms with E-state index in [1.807, 2.05) is 12.3 Å². The predicted molar refractivity (Wildman–Crippen MR) is 74.3 cm³/mol. The van der Waals surface area contributed by atoms with Crippen molar-refractivity contribution in [1.82, 2.24) is 10.3 Å². The van der Waals surface area contributed by atoms with E-state index in [2.05, 4.69) is 28.3 Å². The Morgan fingerprint density at radius 1 is 1.50 bits per heavy atom. The van der Waals surface area contributed by atoms with Gasteiger partial charge in [0.25, 0.3) is 0 Å². The number of nitrogens with zero attached hydrogens (tertiary/aromatic N) is 2. The lowest BCUT2D eigenvalue weighted by atomic mass is 10.2. The number of aromatic nitrogens is 1. The Hall–Kier alpha value is -1.58. The number of aliphatic imine (C=N–C) groups is 1. The molecular formula is C14H22N4. The van der Waals surface area contributed by atoms with E-state index >= 15 is 0 Å². The molecule has 1 fully saturated rings. The maximum atomic E-state index is 5.88. The molecule has 0 unspecified atom stereocenters. The van der Waals surface area contributed by atoms with Crippen molar-refractivity contribution < 1.29 is 0 Å². The summed E-state index contributed by atoms with van der Waals surface area (Å²) in [6.07, 6.45) is 7.87. The van der Waals surface area contributed by atoms with Crippen LogP contribution >= 0.6 is 0 Å². The first-order valence-electron chi connectivity index (χ1n) is 6.78. The van der Waals surface area contributed by atoms with Crippen LogP contribution in [0.15, 0.2) is 23.3 Å². The van der Waals surface area contributed by atoms with Crippen LogP contribution in [0, 0.1) is 0 Å². The summed E-state index contributed by atoms with van der Waals surface area (Å²) in [5, 5.41) is 3.28. The number of nitrogens with one attached hydrogen (secondary N) is 1. The third-order valence-corrected chi connectivity index (χ3v) is 3.41. The number of rotatable bonds is 4. The number of nitrogens with two attached hydrogens (primary N) is 1. The van der Waals surface area contributed by atoms with E-state index in [1.54, 1.807) is 0 Å². The smallest absolute Gasteiger partial charge is 0.189 e. The summed E-state index contributed by atoms with van der Waals surface area (Å²) in [6.45, 7) is 2.69. The van der Waals surface area contributed by atoms with Crippen LogP contribution in [0.2, 0.25) is 0 Å². The largest absolute Gasteiger partial charge is 0.370 e. The number of hydrogen-bond acceptors (Lipinski definition) is 2. The van der Waals surface area contributed by atoms with Gasteiger partial charge in [0.05, 0.1) is 12.2 Å². The molecule has 0 aromatic carbocycles. The third kappa shape index (κ3) is 3.72. The monoisotopic (exact) mass is 246 g/mol. The Kier molecular flexibility index (Phi) is 4.56. The average Bonchev–Trinajstić information content (AvgIpc) is 2.89. The molecule has 0 radical (unpaired) electrons. The van der Waals surface area contributed by atoms with Crippen molar-refractivity contribution in [3.63, 3.8) is 0 Å². The van der Waals surface area contributed by atoms with Crippen molar-refractivity contribution in [2.75, 3.05) is 0 Å². The van der Waals surface area contributed by atoms with Gasteiger partial charge in [0.15, 0.2) is 5.96 Å². The van der Waals surface area contributed by atoms with Crippen LogP contribution < -0.4 is 11.1 Å². The van der Waals surface area contributed by atoms with Gasteiger partial charge in [-0.25, -0.2) is 4.99 Å². The van der Waals surface area contributed by atoms with Gasteiger partial charge < -0.3 is 11.1 Å². The van der Waals surface area contributed by atoms with Crippen LogP contribution in [0.3, 0.4) is 0 Å². The molecule has 0 amide bonds. The lowest BCUT2D eigenvalue weighted by Gasteiger charge is -2.12. The summed E-state index contributed by atoms with van der Waals surface area (Å²) >= 11 is 0. The van der Waals surface area contributed by atoms with Gasteiger partial charge in [-0.05, 0) is 37.0 Å². The van der Waals surface area contributed by atoms with Crippen molar-refractivity contribution in [2.45, 2.75) is 51.6 Å². The quantitative estimate of drug-likeness (QED) is 0.631. The van der Waals surface area contributed by atoms with Crippen LogP contribution in [0.4, 0.5) is 0 Å². The molecule has 1 heterocycles. The molecule has 0 aliphatic heterocycles. The van der Waals surface area contributed by atoms with Gasteiger partial charge in [-0.3, -0.25) is 4.98 Å². The van der Waals surface area contributed by atoms with E-state index in [0.29, 0.717) is 18.5 Å². The lowest BCUT2D eigenvalue weighted by molar-refractivity contribution is 0.625. The molecule has 0 bridgehead atoms. The maximum absolute atomic E-state index is 5.88. The van der Waals surface area contributed by atoms with E-state index < -0.39 is 0 Å². The van der Waals surface area contributed by atoms with Crippen LogP contribution in [-0.4, -0.2) is 17.0 Å². The summed E-state index contributed by atoms with van der Waals surface area (Å²) in [4.78, 5) is 8.65. The van der Waals surface area contributed by atoms with Gasteiger partial charge >= 0.3 is 0 Å². The minimum absolute atomic E-state index is 0.517. The highest BCUT2D eigenvalue weighted by atomic mass is 15.1. The van der Waals surface area contributed by atoms with Crippen LogP contribution in [0.25, 0.3) is 0 Å². The Morgan fingerprint density at radius 3 is 3.00 bits per heavy atom.